The van der Waals surface area contributed by atoms with Crippen molar-refractivity contribution >= 4 is 0 Å². The first-order valence-electron chi connectivity index (χ1n) is 6.03. The smallest absolute Gasteiger partial charge is 0.0462 e. The zero-order chi connectivity index (χ0) is 11.8. The molecule has 0 bridgehead atoms. The van der Waals surface area contributed by atoms with Gasteiger partial charge in [-0.05, 0) is 38.8 Å². The third-order valence-corrected chi connectivity index (χ3v) is 2.80. The summed E-state index contributed by atoms with van der Waals surface area (Å²) in [4.78, 5) is 0. The molecule has 90 valence electrons. The van der Waals surface area contributed by atoms with E-state index < -0.39 is 0 Å². The van der Waals surface area contributed by atoms with E-state index in [-0.39, 0.29) is 0 Å². The Morgan fingerprint density at radius 1 is 1.19 bits per heavy atom. The summed E-state index contributed by atoms with van der Waals surface area (Å²) in [5, 5.41) is 3.52. The molecule has 0 saturated heterocycles. The van der Waals surface area contributed by atoms with Gasteiger partial charge in [-0.25, -0.2) is 0 Å². The van der Waals surface area contributed by atoms with Crippen LogP contribution in [-0.4, -0.2) is 20.3 Å². The van der Waals surface area contributed by atoms with Crippen LogP contribution in [0, 0.1) is 6.92 Å². The Kier molecular flexibility index (Phi) is 6.12. The standard InChI is InChI=1S/C14H23NO/c1-12-6-8-14(9-7-12)13(2)15-10-4-5-11-16-3/h6-9,13,15H,4-5,10-11H2,1-3H3. The Morgan fingerprint density at radius 3 is 2.50 bits per heavy atom. The van der Waals surface area contributed by atoms with E-state index in [0.717, 1.165) is 19.6 Å². The molecule has 1 N–H and O–H groups in total. The van der Waals surface area contributed by atoms with Crippen molar-refractivity contribution in [1.29, 1.82) is 0 Å². The molecular formula is C14H23NO. The van der Waals surface area contributed by atoms with Gasteiger partial charge in [-0.2, -0.15) is 0 Å². The van der Waals surface area contributed by atoms with E-state index in [1.165, 1.54) is 17.5 Å². The maximum Gasteiger partial charge on any atom is 0.0462 e. The molecular weight excluding hydrogens is 198 g/mol. The molecule has 0 radical (unpaired) electrons. The van der Waals surface area contributed by atoms with Gasteiger partial charge in [0, 0.05) is 19.8 Å². The molecule has 16 heavy (non-hydrogen) atoms. The minimum absolute atomic E-state index is 0.433. The predicted octanol–water partition coefficient (Wildman–Crippen LogP) is 3.07. The number of rotatable bonds is 7. The van der Waals surface area contributed by atoms with Crippen LogP contribution in [0.4, 0.5) is 0 Å². The Hall–Kier alpha value is -0.860. The van der Waals surface area contributed by atoms with E-state index in [9.17, 15) is 0 Å². The fourth-order valence-corrected chi connectivity index (χ4v) is 1.66. The van der Waals surface area contributed by atoms with Gasteiger partial charge in [-0.3, -0.25) is 0 Å². The average molecular weight is 221 g/mol. The van der Waals surface area contributed by atoms with E-state index >= 15 is 0 Å². The molecule has 0 saturated carbocycles. The number of unbranched alkanes of at least 4 members (excludes halogenated alkanes) is 1. The fraction of sp³-hybridized carbons (Fsp3) is 0.571. The first-order valence-corrected chi connectivity index (χ1v) is 6.03. The summed E-state index contributed by atoms with van der Waals surface area (Å²) in [6, 6.07) is 9.16. The molecule has 1 rings (SSSR count). The zero-order valence-corrected chi connectivity index (χ0v) is 10.6. The molecule has 2 nitrogen and oxygen atoms in total. The summed E-state index contributed by atoms with van der Waals surface area (Å²) in [5.41, 5.74) is 2.67. The number of nitrogens with one attached hydrogen (secondary N) is 1. The van der Waals surface area contributed by atoms with Crippen LogP contribution in [0.1, 0.15) is 36.9 Å². The van der Waals surface area contributed by atoms with Gasteiger partial charge in [-0.15, -0.1) is 0 Å². The van der Waals surface area contributed by atoms with Crippen molar-refractivity contribution in [3.63, 3.8) is 0 Å². The molecule has 0 amide bonds. The molecule has 0 fully saturated rings. The molecule has 1 aromatic rings. The lowest BCUT2D eigenvalue weighted by atomic mass is 10.1. The molecule has 0 aromatic heterocycles. The highest BCUT2D eigenvalue weighted by Gasteiger charge is 2.02. The predicted molar refractivity (Wildman–Crippen MR) is 68.7 cm³/mol. The normalized spacial score (nSPS) is 12.7. The van der Waals surface area contributed by atoms with E-state index in [0.29, 0.717) is 6.04 Å². The lowest BCUT2D eigenvalue weighted by Gasteiger charge is -2.14. The van der Waals surface area contributed by atoms with Crippen LogP contribution in [0.3, 0.4) is 0 Å². The van der Waals surface area contributed by atoms with Gasteiger partial charge < -0.3 is 10.1 Å². The van der Waals surface area contributed by atoms with Crippen LogP contribution < -0.4 is 5.32 Å². The Bertz CT molecular complexity index is 281. The van der Waals surface area contributed by atoms with Gasteiger partial charge in [0.2, 0.25) is 0 Å². The van der Waals surface area contributed by atoms with Crippen molar-refractivity contribution in [2.75, 3.05) is 20.3 Å². The summed E-state index contributed by atoms with van der Waals surface area (Å²) < 4.78 is 5.02. The first kappa shape index (κ1) is 13.2. The molecule has 0 spiro atoms. The van der Waals surface area contributed by atoms with E-state index in [1.54, 1.807) is 7.11 Å². The topological polar surface area (TPSA) is 21.3 Å². The Balaban J connectivity index is 2.24. The van der Waals surface area contributed by atoms with Gasteiger partial charge in [0.1, 0.15) is 0 Å². The number of hydrogen-bond donors (Lipinski definition) is 1. The van der Waals surface area contributed by atoms with E-state index in [4.69, 9.17) is 4.74 Å². The number of hydrogen-bond acceptors (Lipinski definition) is 2. The summed E-state index contributed by atoms with van der Waals surface area (Å²) in [7, 11) is 1.75. The van der Waals surface area contributed by atoms with Crippen molar-refractivity contribution in [3.05, 3.63) is 35.4 Å². The monoisotopic (exact) mass is 221 g/mol. The highest BCUT2D eigenvalue weighted by molar-refractivity contribution is 5.23. The SMILES string of the molecule is COCCCCNC(C)c1ccc(C)cc1. The van der Waals surface area contributed by atoms with Crippen molar-refractivity contribution < 1.29 is 4.74 Å². The van der Waals surface area contributed by atoms with Crippen LogP contribution in [0.25, 0.3) is 0 Å². The maximum absolute atomic E-state index is 5.02. The largest absolute Gasteiger partial charge is 0.385 e. The van der Waals surface area contributed by atoms with Crippen LogP contribution in [-0.2, 0) is 4.74 Å². The molecule has 0 aliphatic rings. The van der Waals surface area contributed by atoms with Crippen LogP contribution in [0.5, 0.6) is 0 Å². The Morgan fingerprint density at radius 2 is 1.88 bits per heavy atom. The van der Waals surface area contributed by atoms with Crippen molar-refractivity contribution in [1.82, 2.24) is 5.32 Å². The number of aryl methyl sites for hydroxylation is 1. The lowest BCUT2D eigenvalue weighted by molar-refractivity contribution is 0.192. The minimum atomic E-state index is 0.433. The van der Waals surface area contributed by atoms with Crippen LogP contribution in [0.2, 0.25) is 0 Å². The summed E-state index contributed by atoms with van der Waals surface area (Å²) in [6.45, 7) is 6.24. The number of methoxy groups -OCH3 is 1. The summed E-state index contributed by atoms with van der Waals surface area (Å²) in [5.74, 6) is 0. The maximum atomic E-state index is 5.02. The quantitative estimate of drug-likeness (QED) is 0.714. The number of benzene rings is 1. The molecule has 1 aromatic carbocycles. The Labute approximate surface area is 99.0 Å². The van der Waals surface area contributed by atoms with Crippen molar-refractivity contribution in [2.45, 2.75) is 32.7 Å². The zero-order valence-electron chi connectivity index (χ0n) is 10.6. The molecule has 1 unspecified atom stereocenters. The first-order chi connectivity index (χ1) is 7.74. The second kappa shape index (κ2) is 7.42. The third kappa shape index (κ3) is 4.77. The van der Waals surface area contributed by atoms with Crippen molar-refractivity contribution in [3.8, 4) is 0 Å². The second-order valence-electron chi connectivity index (χ2n) is 4.29. The molecule has 1 atom stereocenters. The highest BCUT2D eigenvalue weighted by Crippen LogP contribution is 2.12. The lowest BCUT2D eigenvalue weighted by Crippen LogP contribution is -2.20. The molecule has 0 heterocycles. The van der Waals surface area contributed by atoms with E-state index in [2.05, 4.69) is 43.4 Å². The minimum Gasteiger partial charge on any atom is -0.385 e. The summed E-state index contributed by atoms with van der Waals surface area (Å²) in [6.07, 6.45) is 2.30. The molecule has 0 aliphatic carbocycles. The molecule has 0 aliphatic heterocycles. The summed E-state index contributed by atoms with van der Waals surface area (Å²) >= 11 is 0. The van der Waals surface area contributed by atoms with Crippen LogP contribution in [0.15, 0.2) is 24.3 Å². The number of ether oxygens (including phenoxy) is 1. The van der Waals surface area contributed by atoms with Gasteiger partial charge in [-0.1, -0.05) is 29.8 Å². The van der Waals surface area contributed by atoms with Gasteiger partial charge in [0.05, 0.1) is 0 Å². The van der Waals surface area contributed by atoms with Crippen LogP contribution >= 0.6 is 0 Å². The second-order valence-corrected chi connectivity index (χ2v) is 4.29. The van der Waals surface area contributed by atoms with Gasteiger partial charge in [0.25, 0.3) is 0 Å². The average Bonchev–Trinajstić information content (AvgIpc) is 2.29. The van der Waals surface area contributed by atoms with E-state index in [1.807, 2.05) is 0 Å². The fourth-order valence-electron chi connectivity index (χ4n) is 1.66. The van der Waals surface area contributed by atoms with Gasteiger partial charge >= 0.3 is 0 Å². The highest BCUT2D eigenvalue weighted by atomic mass is 16.5. The van der Waals surface area contributed by atoms with Crippen molar-refractivity contribution in [2.24, 2.45) is 0 Å². The molecule has 2 heteroatoms. The third-order valence-electron chi connectivity index (χ3n) is 2.80. The van der Waals surface area contributed by atoms with Gasteiger partial charge in [0.15, 0.2) is 0 Å².